The summed E-state index contributed by atoms with van der Waals surface area (Å²) in [6.45, 7) is 0.165. The average Bonchev–Trinajstić information content (AvgIpc) is 2.87. The number of ether oxygens (including phenoxy) is 4. The normalized spacial score (nSPS) is 10.2. The highest BCUT2D eigenvalue weighted by atomic mass is 16.5. The van der Waals surface area contributed by atoms with E-state index in [2.05, 4.69) is 5.32 Å². The Kier molecular flexibility index (Phi) is 8.34. The number of carbonyl (C=O) groups excluding carboxylic acids is 2. The minimum atomic E-state index is -0.369. The summed E-state index contributed by atoms with van der Waals surface area (Å²) >= 11 is 0. The van der Waals surface area contributed by atoms with E-state index in [1.54, 1.807) is 50.6 Å². The molecule has 34 heavy (non-hydrogen) atoms. The zero-order chi connectivity index (χ0) is 24.5. The monoisotopic (exact) mass is 464 g/mol. The zero-order valence-electron chi connectivity index (χ0n) is 19.7. The topological polar surface area (TPSA) is 86.3 Å². The number of benzene rings is 3. The third kappa shape index (κ3) is 6.19. The summed E-state index contributed by atoms with van der Waals surface area (Å²) in [5.74, 6) is 1.01. The van der Waals surface area contributed by atoms with Gasteiger partial charge in [-0.3, -0.25) is 9.59 Å². The van der Waals surface area contributed by atoms with Crippen molar-refractivity contribution in [2.24, 2.45) is 0 Å². The fourth-order valence-corrected chi connectivity index (χ4v) is 3.28. The maximum absolute atomic E-state index is 13.0. The highest BCUT2D eigenvalue weighted by molar-refractivity contribution is 6.00. The number of rotatable bonds is 10. The molecule has 0 aliphatic heterocycles. The Morgan fingerprint density at radius 2 is 1.53 bits per heavy atom. The van der Waals surface area contributed by atoms with Crippen molar-refractivity contribution in [1.29, 1.82) is 0 Å². The molecule has 0 saturated heterocycles. The van der Waals surface area contributed by atoms with Gasteiger partial charge in [0.2, 0.25) is 11.7 Å². The number of hydrogen-bond acceptors (Lipinski definition) is 6. The van der Waals surface area contributed by atoms with E-state index < -0.39 is 0 Å². The molecule has 0 aliphatic rings. The summed E-state index contributed by atoms with van der Waals surface area (Å²) in [5, 5.41) is 2.76. The van der Waals surface area contributed by atoms with Crippen molar-refractivity contribution in [2.45, 2.75) is 6.61 Å². The lowest BCUT2D eigenvalue weighted by Crippen LogP contribution is -2.35. The van der Waals surface area contributed by atoms with Gasteiger partial charge in [-0.05, 0) is 29.8 Å². The second-order valence-electron chi connectivity index (χ2n) is 7.43. The van der Waals surface area contributed by atoms with E-state index in [0.29, 0.717) is 40.9 Å². The molecule has 0 fully saturated rings. The molecule has 1 N–H and O–H groups in total. The van der Waals surface area contributed by atoms with Crippen LogP contribution in [-0.4, -0.2) is 51.6 Å². The number of anilines is 1. The molecule has 0 aliphatic carbocycles. The van der Waals surface area contributed by atoms with Crippen molar-refractivity contribution in [3.63, 3.8) is 0 Å². The molecule has 0 aromatic heterocycles. The fourth-order valence-electron chi connectivity index (χ4n) is 3.28. The van der Waals surface area contributed by atoms with Crippen LogP contribution in [0.4, 0.5) is 5.69 Å². The van der Waals surface area contributed by atoms with Crippen LogP contribution < -0.4 is 24.3 Å². The molecule has 3 aromatic rings. The van der Waals surface area contributed by atoms with Gasteiger partial charge in [0.25, 0.3) is 5.91 Å². The maximum Gasteiger partial charge on any atom is 0.254 e. The van der Waals surface area contributed by atoms with Gasteiger partial charge in [-0.15, -0.1) is 0 Å². The average molecular weight is 465 g/mol. The van der Waals surface area contributed by atoms with E-state index in [1.807, 2.05) is 30.3 Å². The molecule has 2 amide bonds. The number of carbonyl (C=O) groups is 2. The minimum absolute atomic E-state index is 0.146. The molecule has 0 saturated carbocycles. The van der Waals surface area contributed by atoms with Crippen LogP contribution in [0.2, 0.25) is 0 Å². The van der Waals surface area contributed by atoms with Crippen LogP contribution in [0.25, 0.3) is 0 Å². The molecule has 8 nitrogen and oxygen atoms in total. The van der Waals surface area contributed by atoms with Gasteiger partial charge in [0.05, 0.1) is 27.9 Å². The van der Waals surface area contributed by atoms with Crippen molar-refractivity contribution in [2.75, 3.05) is 40.2 Å². The van der Waals surface area contributed by atoms with Gasteiger partial charge >= 0.3 is 0 Å². The van der Waals surface area contributed by atoms with Crippen LogP contribution in [0.1, 0.15) is 15.9 Å². The molecule has 3 aromatic carbocycles. The third-order valence-electron chi connectivity index (χ3n) is 5.01. The Morgan fingerprint density at radius 1 is 0.853 bits per heavy atom. The van der Waals surface area contributed by atoms with E-state index in [0.717, 1.165) is 5.56 Å². The molecule has 0 unspecified atom stereocenters. The summed E-state index contributed by atoms with van der Waals surface area (Å²) < 4.78 is 22.0. The van der Waals surface area contributed by atoms with E-state index in [-0.39, 0.29) is 18.4 Å². The standard InChI is InChI=1S/C26H28N2O6/c1-28(16-24(29)27-20-11-8-12-21(15-20)31-2)26(30)19-13-22(32-3)25(23(14-19)33-4)34-17-18-9-6-5-7-10-18/h5-15H,16-17H2,1-4H3,(H,27,29). The highest BCUT2D eigenvalue weighted by Gasteiger charge is 2.21. The summed E-state index contributed by atoms with van der Waals surface area (Å²) in [4.78, 5) is 26.8. The molecule has 0 spiro atoms. The van der Waals surface area contributed by atoms with Crippen LogP contribution in [0.3, 0.4) is 0 Å². The van der Waals surface area contributed by atoms with Crippen LogP contribution in [0, 0.1) is 0 Å². The first-order valence-electron chi connectivity index (χ1n) is 10.6. The number of methoxy groups -OCH3 is 3. The molecule has 0 radical (unpaired) electrons. The predicted molar refractivity (Wildman–Crippen MR) is 129 cm³/mol. The predicted octanol–water partition coefficient (Wildman–Crippen LogP) is 4.00. The third-order valence-corrected chi connectivity index (χ3v) is 5.01. The summed E-state index contributed by atoms with van der Waals surface area (Å²) in [6.07, 6.45) is 0. The first-order valence-corrected chi connectivity index (χ1v) is 10.6. The zero-order valence-corrected chi connectivity index (χ0v) is 19.7. The molecule has 0 atom stereocenters. The van der Waals surface area contributed by atoms with E-state index in [4.69, 9.17) is 18.9 Å². The Morgan fingerprint density at radius 3 is 2.15 bits per heavy atom. The summed E-state index contributed by atoms with van der Waals surface area (Å²) in [5.41, 5.74) is 1.86. The minimum Gasteiger partial charge on any atom is -0.497 e. The summed E-state index contributed by atoms with van der Waals surface area (Å²) in [7, 11) is 6.08. The van der Waals surface area contributed by atoms with Gasteiger partial charge in [0, 0.05) is 24.4 Å². The van der Waals surface area contributed by atoms with Crippen molar-refractivity contribution < 1.29 is 28.5 Å². The Balaban J connectivity index is 1.71. The lowest BCUT2D eigenvalue weighted by Gasteiger charge is -2.20. The Labute approximate surface area is 199 Å². The maximum atomic E-state index is 13.0. The quantitative estimate of drug-likeness (QED) is 0.488. The van der Waals surface area contributed by atoms with Crippen LogP contribution in [0.15, 0.2) is 66.7 Å². The first-order chi connectivity index (χ1) is 16.4. The van der Waals surface area contributed by atoms with E-state index in [1.165, 1.54) is 19.1 Å². The van der Waals surface area contributed by atoms with Gasteiger partial charge in [0.15, 0.2) is 11.5 Å². The second kappa shape index (κ2) is 11.6. The van der Waals surface area contributed by atoms with Crippen LogP contribution in [0.5, 0.6) is 23.0 Å². The highest BCUT2D eigenvalue weighted by Crippen LogP contribution is 2.39. The summed E-state index contributed by atoms with van der Waals surface area (Å²) in [6, 6.07) is 19.8. The van der Waals surface area contributed by atoms with E-state index >= 15 is 0 Å². The van der Waals surface area contributed by atoms with Gasteiger partial charge in [-0.25, -0.2) is 0 Å². The van der Waals surface area contributed by atoms with Gasteiger partial charge in [-0.1, -0.05) is 36.4 Å². The molecule has 178 valence electrons. The van der Waals surface area contributed by atoms with Crippen LogP contribution >= 0.6 is 0 Å². The molecule has 8 heteroatoms. The number of likely N-dealkylation sites (N-methyl/N-ethyl adjacent to an activating group) is 1. The van der Waals surface area contributed by atoms with Gasteiger partial charge in [-0.2, -0.15) is 0 Å². The molecule has 3 rings (SSSR count). The fraction of sp³-hybridized carbons (Fsp3) is 0.231. The lowest BCUT2D eigenvalue weighted by atomic mass is 10.1. The van der Waals surface area contributed by atoms with Crippen molar-refractivity contribution in [3.05, 3.63) is 77.9 Å². The number of nitrogens with zero attached hydrogens (tertiary/aromatic N) is 1. The van der Waals surface area contributed by atoms with Crippen molar-refractivity contribution >= 4 is 17.5 Å². The number of nitrogens with one attached hydrogen (secondary N) is 1. The SMILES string of the molecule is COc1cccc(NC(=O)CN(C)C(=O)c2cc(OC)c(OCc3ccccc3)c(OC)c2)c1. The van der Waals surface area contributed by atoms with Crippen molar-refractivity contribution in [3.8, 4) is 23.0 Å². The van der Waals surface area contributed by atoms with E-state index in [9.17, 15) is 9.59 Å². The molecular formula is C26H28N2O6. The largest absolute Gasteiger partial charge is 0.497 e. The van der Waals surface area contributed by atoms with Crippen molar-refractivity contribution in [1.82, 2.24) is 4.90 Å². The number of amides is 2. The first kappa shape index (κ1) is 24.4. The van der Waals surface area contributed by atoms with Crippen LogP contribution in [-0.2, 0) is 11.4 Å². The lowest BCUT2D eigenvalue weighted by molar-refractivity contribution is -0.116. The Hall–Kier alpha value is -4.20. The number of hydrogen-bond donors (Lipinski definition) is 1. The Bertz CT molecular complexity index is 1110. The second-order valence-corrected chi connectivity index (χ2v) is 7.43. The molecular weight excluding hydrogens is 436 g/mol. The molecule has 0 heterocycles. The van der Waals surface area contributed by atoms with Gasteiger partial charge < -0.3 is 29.2 Å². The molecule has 0 bridgehead atoms. The smallest absolute Gasteiger partial charge is 0.254 e. The van der Waals surface area contributed by atoms with Gasteiger partial charge in [0.1, 0.15) is 12.4 Å².